The molecule has 0 radical (unpaired) electrons. The summed E-state index contributed by atoms with van der Waals surface area (Å²) in [7, 11) is -10.1. The summed E-state index contributed by atoms with van der Waals surface area (Å²) >= 11 is 0. The van der Waals surface area contributed by atoms with Crippen molar-refractivity contribution in [1.29, 1.82) is 0 Å². The molecule has 0 amide bonds. The molecule has 0 aromatic heterocycles. The molecule has 164 valence electrons. The van der Waals surface area contributed by atoms with Gasteiger partial charge in [0.1, 0.15) is 0 Å². The van der Waals surface area contributed by atoms with Crippen LogP contribution in [0.4, 0.5) is 8.22 Å². The fourth-order valence-corrected chi connectivity index (χ4v) is 23.5. The molecule has 0 aromatic rings. The third kappa shape index (κ3) is 5.32. The largest absolute Gasteiger partial charge is 0.420 e. The zero-order valence-corrected chi connectivity index (χ0v) is 23.5. The Balaban J connectivity index is 6.77. The van der Waals surface area contributed by atoms with E-state index in [-0.39, 0.29) is 32.2 Å². The molecule has 0 rings (SSSR count). The minimum absolute atomic E-state index is 0.105. The Morgan fingerprint density at radius 3 is 1.11 bits per heavy atom. The summed E-state index contributed by atoms with van der Waals surface area (Å²) in [5.41, 5.74) is -0.563. The minimum atomic E-state index is -3.57. The second-order valence-corrected chi connectivity index (χ2v) is 25.2. The van der Waals surface area contributed by atoms with Crippen LogP contribution < -0.4 is 4.65 Å². The summed E-state index contributed by atoms with van der Waals surface area (Å²) in [6.07, 6.45) is 0. The molecule has 0 heterocycles. The van der Waals surface area contributed by atoms with Gasteiger partial charge in [-0.1, -0.05) is 96.9 Å². The molecule has 0 aliphatic rings. The van der Waals surface area contributed by atoms with Gasteiger partial charge in [-0.05, 0) is 21.2 Å². The van der Waals surface area contributed by atoms with E-state index in [4.69, 9.17) is 4.12 Å². The van der Waals surface area contributed by atoms with Gasteiger partial charge in [-0.25, -0.2) is 0 Å². The zero-order valence-electron chi connectivity index (χ0n) is 20.5. The number of halogens is 2. The molecule has 0 unspecified atom stereocenters. The van der Waals surface area contributed by atoms with Crippen molar-refractivity contribution in [3.8, 4) is 0 Å². The maximum atomic E-state index is 16.4. The molecule has 0 aromatic carbocycles. The zero-order chi connectivity index (χ0) is 22.2. The van der Waals surface area contributed by atoms with Gasteiger partial charge >= 0.3 is 17.2 Å². The van der Waals surface area contributed by atoms with Gasteiger partial charge in [0.25, 0.3) is 8.48 Å². The predicted octanol–water partition coefficient (Wildman–Crippen LogP) is 8.10. The molecule has 0 spiro atoms. The van der Waals surface area contributed by atoms with Gasteiger partial charge in [-0.3, -0.25) is 8.22 Å². The summed E-state index contributed by atoms with van der Waals surface area (Å²) in [5.74, 6) is 0. The van der Waals surface area contributed by atoms with Gasteiger partial charge in [0.05, 0.1) is 0 Å². The fraction of sp³-hybridized carbons (Fsp3) is 1.00. The van der Waals surface area contributed by atoms with E-state index in [9.17, 15) is 0 Å². The molecule has 1 N–H and O–H groups in total. The first-order valence-electron chi connectivity index (χ1n) is 10.6. The quantitative estimate of drug-likeness (QED) is 0.304. The van der Waals surface area contributed by atoms with Crippen LogP contribution in [-0.4, -0.2) is 25.7 Å². The highest BCUT2D eigenvalue weighted by Gasteiger charge is 2.65. The SMILES string of the molecule is CC(C)[Si](F)(N[Si](O[Si](F)(C(C)C)C(C)C)(C(C)(C)C)C(C)(C)C)C(C)C. The molecule has 7 heteroatoms. The number of hydrogen-bond donors (Lipinski definition) is 1. The van der Waals surface area contributed by atoms with Crippen LogP contribution in [0.2, 0.25) is 32.2 Å². The molecule has 0 fully saturated rings. The van der Waals surface area contributed by atoms with E-state index in [1.54, 1.807) is 0 Å². The molecule has 0 bridgehead atoms. The molecular formula is C20H47F2NOSi3. The second-order valence-electron chi connectivity index (χ2n) is 11.5. The Hall–Kier alpha value is 0.431. The van der Waals surface area contributed by atoms with Crippen LogP contribution in [0.25, 0.3) is 0 Å². The van der Waals surface area contributed by atoms with Gasteiger partial charge in [0.2, 0.25) is 0 Å². The molecule has 2 nitrogen and oxygen atoms in total. The van der Waals surface area contributed by atoms with Crippen molar-refractivity contribution in [1.82, 2.24) is 4.65 Å². The Kier molecular flexibility index (Phi) is 8.80. The lowest BCUT2D eigenvalue weighted by atomic mass is 10.2. The first-order chi connectivity index (χ1) is 11.7. The third-order valence-corrected chi connectivity index (χ3v) is 22.2. The van der Waals surface area contributed by atoms with E-state index < -0.39 is 25.7 Å². The Morgan fingerprint density at radius 2 is 0.926 bits per heavy atom. The molecule has 27 heavy (non-hydrogen) atoms. The van der Waals surface area contributed by atoms with Crippen LogP contribution >= 0.6 is 0 Å². The average Bonchev–Trinajstić information content (AvgIpc) is 2.42. The number of hydrogen-bond acceptors (Lipinski definition) is 2. The minimum Gasteiger partial charge on any atom is -0.420 e. The second kappa shape index (κ2) is 8.66. The summed E-state index contributed by atoms with van der Waals surface area (Å²) in [6.45, 7) is 28.1. The number of rotatable bonds is 8. The average molecular weight is 440 g/mol. The van der Waals surface area contributed by atoms with Crippen molar-refractivity contribution in [3.05, 3.63) is 0 Å². The molecule has 0 aliphatic carbocycles. The van der Waals surface area contributed by atoms with Crippen LogP contribution in [0.3, 0.4) is 0 Å². The van der Waals surface area contributed by atoms with Crippen molar-refractivity contribution in [3.63, 3.8) is 0 Å². The highest BCUT2D eigenvalue weighted by atomic mass is 28.5. The highest BCUT2D eigenvalue weighted by Crippen LogP contribution is 2.55. The van der Waals surface area contributed by atoms with Crippen molar-refractivity contribution >= 4 is 25.7 Å². The van der Waals surface area contributed by atoms with Gasteiger partial charge in [-0.15, -0.1) is 0 Å². The van der Waals surface area contributed by atoms with E-state index in [2.05, 4.69) is 46.2 Å². The van der Waals surface area contributed by atoms with E-state index in [1.807, 2.05) is 55.4 Å². The Bertz CT molecular complexity index is 423. The summed E-state index contributed by atoms with van der Waals surface area (Å²) in [6, 6.07) is 0. The van der Waals surface area contributed by atoms with Crippen molar-refractivity contribution < 1.29 is 12.3 Å². The van der Waals surface area contributed by atoms with Crippen LogP contribution in [-0.2, 0) is 4.12 Å². The summed E-state index contributed by atoms with van der Waals surface area (Å²) < 4.78 is 43.2. The lowest BCUT2D eigenvalue weighted by Crippen LogP contribution is -2.76. The summed E-state index contributed by atoms with van der Waals surface area (Å²) in [4.78, 5) is 0. The van der Waals surface area contributed by atoms with E-state index in [0.29, 0.717) is 0 Å². The fourth-order valence-electron chi connectivity index (χ4n) is 4.19. The van der Waals surface area contributed by atoms with Crippen LogP contribution in [0.15, 0.2) is 0 Å². The topological polar surface area (TPSA) is 21.3 Å². The molecule has 0 saturated heterocycles. The Labute approximate surface area is 172 Å². The maximum absolute atomic E-state index is 16.4. The highest BCUT2D eigenvalue weighted by molar-refractivity contribution is 6.95. The van der Waals surface area contributed by atoms with E-state index >= 15 is 8.22 Å². The lowest BCUT2D eigenvalue weighted by Gasteiger charge is -2.57. The predicted molar refractivity (Wildman–Crippen MR) is 124 cm³/mol. The van der Waals surface area contributed by atoms with E-state index in [1.165, 1.54) is 0 Å². The van der Waals surface area contributed by atoms with Crippen molar-refractivity contribution in [2.24, 2.45) is 0 Å². The molecule has 0 aliphatic heterocycles. The van der Waals surface area contributed by atoms with Crippen molar-refractivity contribution in [2.75, 3.05) is 0 Å². The molecule has 0 saturated carbocycles. The van der Waals surface area contributed by atoms with Gasteiger partial charge < -0.3 is 8.76 Å². The normalized spacial score (nSPS) is 15.6. The summed E-state index contributed by atoms with van der Waals surface area (Å²) in [5, 5.41) is -0.707. The molecule has 0 atom stereocenters. The monoisotopic (exact) mass is 439 g/mol. The lowest BCUT2D eigenvalue weighted by molar-refractivity contribution is 0.341. The van der Waals surface area contributed by atoms with E-state index in [0.717, 1.165) is 0 Å². The standard InChI is InChI=1S/C20H47F2NOSi3/c1-15(2)25(21,16(3)4)23-27(19(9,10)11,20(12,13)14)24-26(22,17(5)6)18(7)8/h15-18,23H,1-14H3. The van der Waals surface area contributed by atoms with Crippen LogP contribution in [0.1, 0.15) is 96.9 Å². The van der Waals surface area contributed by atoms with Gasteiger partial charge in [0.15, 0.2) is 0 Å². The third-order valence-electron chi connectivity index (χ3n) is 6.04. The Morgan fingerprint density at radius 1 is 0.630 bits per heavy atom. The van der Waals surface area contributed by atoms with Gasteiger partial charge in [0, 0.05) is 11.1 Å². The molecular weight excluding hydrogens is 392 g/mol. The number of nitrogens with one attached hydrogen (secondary N) is 1. The van der Waals surface area contributed by atoms with Crippen LogP contribution in [0, 0.1) is 0 Å². The first kappa shape index (κ1) is 27.4. The first-order valence-corrected chi connectivity index (χ1v) is 16.4. The smallest absolute Gasteiger partial charge is 0.379 e. The van der Waals surface area contributed by atoms with Crippen LogP contribution in [0.5, 0.6) is 0 Å². The maximum Gasteiger partial charge on any atom is 0.379 e. The van der Waals surface area contributed by atoms with Gasteiger partial charge in [-0.2, -0.15) is 0 Å². The van der Waals surface area contributed by atoms with Crippen molar-refractivity contribution in [2.45, 2.75) is 129 Å².